The molecule has 0 bridgehead atoms. The standard InChI is InChI=1S/2C45H37.C2H6Si.2ClH.Zr/c2*1-2-4-14-30(13-3-1)25-31-26-42-40(44-36-19-9-5-15-32(36)28-33-16-6-10-20-37(33)44)23-24-41(43(42)27-31)45-38-21-11-7-17-34(38)29-35-18-8-12-22-39(35)45;1-3-2;;;/h2*5-12,15-24,26-30H,1-4,13-14,25H2;1-2H3;2*1H;/q2*-1;;;;+2/p-2. The maximum absolute atomic E-state index is 2.56. The summed E-state index contributed by atoms with van der Waals surface area (Å²) in [6.45, 7) is 4.62. The molecular formula is C92H80Cl2SiZr-2. The molecule has 0 nitrogen and oxygen atoms in total. The molecule has 16 aromatic carbocycles. The zero-order valence-electron chi connectivity index (χ0n) is 55.2. The van der Waals surface area contributed by atoms with Gasteiger partial charge in [-0.1, -0.05) is 318 Å². The molecule has 0 aliphatic heterocycles. The number of halogens is 2. The molecule has 0 saturated heterocycles. The molecule has 472 valence electrons. The van der Waals surface area contributed by atoms with Gasteiger partial charge in [0.15, 0.2) is 0 Å². The van der Waals surface area contributed by atoms with E-state index in [0.29, 0.717) is 0 Å². The van der Waals surface area contributed by atoms with Crippen LogP contribution in [0.1, 0.15) is 88.2 Å². The molecule has 0 spiro atoms. The Kier molecular flexibility index (Phi) is 19.8. The minimum absolute atomic E-state index is 0. The Hall–Kier alpha value is -7.94. The zero-order chi connectivity index (χ0) is 63.1. The minimum atomic E-state index is 0. The molecule has 96 heavy (non-hydrogen) atoms. The van der Waals surface area contributed by atoms with Crippen LogP contribution in [0.3, 0.4) is 0 Å². The van der Waals surface area contributed by atoms with Crippen molar-refractivity contribution in [2.45, 2.75) is 103 Å². The van der Waals surface area contributed by atoms with Gasteiger partial charge >= 0.3 is 41.9 Å². The van der Waals surface area contributed by atoms with Crippen molar-refractivity contribution >= 4 is 113 Å². The van der Waals surface area contributed by atoms with Crippen molar-refractivity contribution < 1.29 is 48.1 Å². The predicted octanol–water partition coefficient (Wildman–Crippen LogP) is 20.8. The van der Waals surface area contributed by atoms with Gasteiger partial charge in [-0.3, -0.25) is 0 Å². The number of hydrogen-bond acceptors (Lipinski definition) is 0. The first kappa shape index (κ1) is 65.4. The average Bonchev–Trinajstić information content (AvgIpc) is 1.34. The molecule has 0 unspecified atom stereocenters. The van der Waals surface area contributed by atoms with Crippen molar-refractivity contribution in [2.24, 2.45) is 11.8 Å². The van der Waals surface area contributed by atoms with Crippen molar-refractivity contribution in [1.82, 2.24) is 0 Å². The molecule has 4 heteroatoms. The molecular weight excluding hydrogens is 1300 g/mol. The van der Waals surface area contributed by atoms with Crippen LogP contribution < -0.4 is 24.8 Å². The van der Waals surface area contributed by atoms with Crippen LogP contribution in [0.2, 0.25) is 13.1 Å². The van der Waals surface area contributed by atoms with E-state index in [1.165, 1.54) is 253 Å². The third-order valence-electron chi connectivity index (χ3n) is 21.1. The summed E-state index contributed by atoms with van der Waals surface area (Å²) >= 11 is 1.74. The molecule has 0 N–H and O–H groups in total. The number of hydrogen-bond donors (Lipinski definition) is 0. The van der Waals surface area contributed by atoms with Gasteiger partial charge in [0.25, 0.3) is 0 Å². The Morgan fingerprint density at radius 2 is 0.490 bits per heavy atom. The summed E-state index contributed by atoms with van der Waals surface area (Å²) in [5, 5.41) is 26.5. The first-order valence-corrected chi connectivity index (χ1v) is 41.2. The van der Waals surface area contributed by atoms with E-state index in [1.54, 1.807) is 23.3 Å². The number of fused-ring (bicyclic) bond motifs is 10. The van der Waals surface area contributed by atoms with Crippen LogP contribution in [-0.4, -0.2) is 5.43 Å². The first-order valence-electron chi connectivity index (χ1n) is 35.0. The SMILES string of the molecule is C[Si](C)=[Zr+2].[Cl-].[Cl-].c1ccc2c(-c3ccc(-c4c5ccccc5cc5ccccc45)c4[cH-]c(CC5CCCCCC5)cc34)c3ccccc3cc2c1.c1ccc2c(-c3ccc(-c4c5ccccc5cc5ccccc45)c4[cH-]c(CC5CCCCCC5)cc34)c3ccccc3cc2c1. The van der Waals surface area contributed by atoms with Gasteiger partial charge in [0.1, 0.15) is 0 Å². The molecule has 0 atom stereocenters. The maximum atomic E-state index is 2.56. The Bertz CT molecular complexity index is 4660. The maximum Gasteiger partial charge on any atom is -0.0107 e. The molecule has 2 fully saturated rings. The Morgan fingerprint density at radius 1 is 0.281 bits per heavy atom. The molecule has 0 amide bonds. The van der Waals surface area contributed by atoms with E-state index < -0.39 is 0 Å². The van der Waals surface area contributed by atoms with Gasteiger partial charge in [-0.2, -0.15) is 12.1 Å². The summed E-state index contributed by atoms with van der Waals surface area (Å²) in [7, 11) is 0. The van der Waals surface area contributed by atoms with Crippen LogP contribution in [0.5, 0.6) is 0 Å². The summed E-state index contributed by atoms with van der Waals surface area (Å²) in [6, 6.07) is 101. The van der Waals surface area contributed by atoms with Gasteiger partial charge in [0.2, 0.25) is 0 Å². The molecule has 2 saturated carbocycles. The van der Waals surface area contributed by atoms with Crippen LogP contribution in [-0.2, 0) is 36.2 Å². The molecule has 2 aliphatic carbocycles. The minimum Gasteiger partial charge on any atom is -1.00 e. The Balaban J connectivity index is 0.000000153. The smallest absolute Gasteiger partial charge is 0.0107 e. The van der Waals surface area contributed by atoms with Crippen LogP contribution in [0.4, 0.5) is 0 Å². The number of benzene rings is 14. The van der Waals surface area contributed by atoms with Crippen LogP contribution in [0, 0.1) is 11.8 Å². The fraction of sp³-hybridized carbons (Fsp3) is 0.196. The molecule has 16 aromatic rings. The van der Waals surface area contributed by atoms with Gasteiger partial charge < -0.3 is 24.8 Å². The second kappa shape index (κ2) is 29.0. The van der Waals surface area contributed by atoms with Crippen molar-refractivity contribution in [2.75, 3.05) is 0 Å². The molecule has 0 radical (unpaired) electrons. The molecule has 0 aromatic heterocycles. The first-order chi connectivity index (χ1) is 46.4. The second-order valence-corrected chi connectivity index (χ2v) is 37.0. The Labute approximate surface area is 593 Å². The average molecular weight is 1380 g/mol. The topological polar surface area (TPSA) is 0 Å². The predicted molar refractivity (Wildman–Crippen MR) is 408 cm³/mol. The third-order valence-corrected chi connectivity index (χ3v) is 21.1. The van der Waals surface area contributed by atoms with E-state index in [4.69, 9.17) is 0 Å². The van der Waals surface area contributed by atoms with Crippen LogP contribution >= 0.6 is 0 Å². The van der Waals surface area contributed by atoms with Gasteiger partial charge in [-0.05, 0) is 157 Å². The van der Waals surface area contributed by atoms with Crippen molar-refractivity contribution in [1.29, 1.82) is 0 Å². The Morgan fingerprint density at radius 3 is 0.729 bits per heavy atom. The summed E-state index contributed by atoms with van der Waals surface area (Å²) in [4.78, 5) is 0. The summed E-state index contributed by atoms with van der Waals surface area (Å²) in [5.41, 5.74) is 14.0. The normalized spacial score (nSPS) is 14.0. The van der Waals surface area contributed by atoms with E-state index in [-0.39, 0.29) is 30.2 Å². The quantitative estimate of drug-likeness (QED) is 0.0616. The largest absolute Gasteiger partial charge is 1.00 e. The number of rotatable bonds is 8. The van der Waals surface area contributed by atoms with Gasteiger partial charge in [0.05, 0.1) is 0 Å². The second-order valence-electron chi connectivity index (χ2n) is 27.6. The van der Waals surface area contributed by atoms with Gasteiger partial charge in [0, 0.05) is 0 Å². The summed E-state index contributed by atoms with van der Waals surface area (Å²) in [5.74, 6) is 1.57. The van der Waals surface area contributed by atoms with Gasteiger partial charge in [-0.25, -0.2) is 0 Å². The van der Waals surface area contributed by atoms with E-state index in [9.17, 15) is 0 Å². The van der Waals surface area contributed by atoms with E-state index >= 15 is 0 Å². The van der Waals surface area contributed by atoms with Crippen LogP contribution in [0.15, 0.2) is 267 Å². The van der Waals surface area contributed by atoms with Crippen molar-refractivity contribution in [3.63, 3.8) is 0 Å². The monoisotopic (exact) mass is 1370 g/mol. The molecule has 2 aliphatic rings. The summed E-state index contributed by atoms with van der Waals surface area (Å²) < 4.78 is 0. The molecule has 0 heterocycles. The van der Waals surface area contributed by atoms with Crippen molar-refractivity contribution in [3.05, 3.63) is 278 Å². The van der Waals surface area contributed by atoms with Crippen molar-refractivity contribution in [3.8, 4) is 44.5 Å². The fourth-order valence-electron chi connectivity index (χ4n) is 16.8. The fourth-order valence-corrected chi connectivity index (χ4v) is 16.8. The third kappa shape index (κ3) is 12.9. The molecule has 18 rings (SSSR count). The zero-order valence-corrected chi connectivity index (χ0v) is 60.2. The van der Waals surface area contributed by atoms with Gasteiger partial charge in [-0.15, -0.1) is 44.8 Å². The van der Waals surface area contributed by atoms with E-state index in [1.807, 2.05) is 0 Å². The van der Waals surface area contributed by atoms with Crippen LogP contribution in [0.25, 0.3) is 152 Å². The van der Waals surface area contributed by atoms with E-state index in [2.05, 4.69) is 280 Å². The van der Waals surface area contributed by atoms with E-state index in [0.717, 1.165) is 11.8 Å². The summed E-state index contributed by atoms with van der Waals surface area (Å²) in [6.07, 6.45) is 18.9.